The molecule has 0 amide bonds. The highest BCUT2D eigenvalue weighted by Gasteiger charge is 1.91. The van der Waals surface area contributed by atoms with E-state index in [1.54, 1.807) is 0 Å². The Kier molecular flexibility index (Phi) is 25.7. The van der Waals surface area contributed by atoms with Crippen LogP contribution < -0.4 is 0 Å². The van der Waals surface area contributed by atoms with Crippen LogP contribution in [0.4, 0.5) is 0 Å². The number of allylic oxidation sites excluding steroid dienone is 2. The fourth-order valence-corrected chi connectivity index (χ4v) is 5.22. The normalized spacial score (nSPS) is 12.8. The Morgan fingerprint density at radius 2 is 0.731 bits per heavy atom. The predicted molar refractivity (Wildman–Crippen MR) is 129 cm³/mol. The first-order chi connectivity index (χ1) is 12.9. The van der Waals surface area contributed by atoms with Crippen LogP contribution in [-0.2, 0) is 0 Å². The fourth-order valence-electron chi connectivity index (χ4n) is 3.17. The van der Waals surface area contributed by atoms with Gasteiger partial charge in [-0.2, -0.15) is 0 Å². The second kappa shape index (κ2) is 25.3. The Balaban J connectivity index is 3.14. The Labute approximate surface area is 169 Å². The lowest BCUT2D eigenvalue weighted by atomic mass is 10.1. The summed E-state index contributed by atoms with van der Waals surface area (Å²) in [6.45, 7) is 4.58. The van der Waals surface area contributed by atoms with Crippen LogP contribution in [0.3, 0.4) is 0 Å². The van der Waals surface area contributed by atoms with Crippen molar-refractivity contribution in [3.05, 3.63) is 23.8 Å². The van der Waals surface area contributed by atoms with E-state index in [1.165, 1.54) is 116 Å². The molecule has 0 fully saturated rings. The molecule has 0 nitrogen and oxygen atoms in total. The van der Waals surface area contributed by atoms with E-state index in [-0.39, 0.29) is 0 Å². The molecular weight excluding hydrogens is 350 g/mol. The van der Waals surface area contributed by atoms with Gasteiger partial charge in [-0.25, -0.2) is 0 Å². The zero-order chi connectivity index (χ0) is 19.0. The summed E-state index contributed by atoms with van der Waals surface area (Å²) in [5, 5.41) is 0. The maximum absolute atomic E-state index is 2.43. The van der Waals surface area contributed by atoms with E-state index in [0.717, 1.165) is 16.5 Å². The lowest BCUT2D eigenvalue weighted by Crippen LogP contribution is -1.79. The zero-order valence-corrected chi connectivity index (χ0v) is 20.0. The molecule has 0 aromatic rings. The monoisotopic (exact) mass is 398 g/mol. The van der Waals surface area contributed by atoms with Gasteiger partial charge in [0.25, 0.3) is 0 Å². The van der Waals surface area contributed by atoms with E-state index in [9.17, 15) is 0 Å². The van der Waals surface area contributed by atoms with Gasteiger partial charge in [0.05, 0.1) is 0 Å². The molecule has 0 N–H and O–H groups in total. The van der Waals surface area contributed by atoms with E-state index in [2.05, 4.69) is 37.6 Å². The molecular formula is C24H48P2. The Morgan fingerprint density at radius 1 is 0.423 bits per heavy atom. The fraction of sp³-hybridized carbons (Fsp3) is 0.833. The van der Waals surface area contributed by atoms with Crippen LogP contribution in [0.25, 0.3) is 0 Å². The summed E-state index contributed by atoms with van der Waals surface area (Å²) in [4.78, 5) is 0. The minimum atomic E-state index is 1.02. The van der Waals surface area contributed by atoms with Crippen molar-refractivity contribution >= 4 is 16.5 Å². The highest BCUT2D eigenvalue weighted by Crippen LogP contribution is 2.39. The minimum Gasteiger partial charge on any atom is -0.0840 e. The van der Waals surface area contributed by atoms with E-state index in [1.807, 2.05) is 0 Å². The van der Waals surface area contributed by atoms with Gasteiger partial charge in [0, 0.05) is 0 Å². The maximum Gasteiger partial charge on any atom is -0.0347 e. The molecule has 0 aliphatic rings. The lowest BCUT2D eigenvalue weighted by molar-refractivity contribution is 0.577. The predicted octanol–water partition coefficient (Wildman–Crippen LogP) is 10.3. The largest absolute Gasteiger partial charge is 0.0840 e. The molecule has 2 heteroatoms. The first-order valence-corrected chi connectivity index (χ1v) is 14.9. The summed E-state index contributed by atoms with van der Waals surface area (Å²) in [5.41, 5.74) is 0. The summed E-state index contributed by atoms with van der Waals surface area (Å²) in [7, 11) is 2.03. The van der Waals surface area contributed by atoms with Crippen LogP contribution >= 0.6 is 16.5 Å². The van der Waals surface area contributed by atoms with Crippen molar-refractivity contribution in [3.8, 4) is 0 Å². The van der Waals surface area contributed by atoms with Gasteiger partial charge in [0.2, 0.25) is 0 Å². The maximum atomic E-state index is 2.43. The molecule has 0 rings (SSSR count). The molecule has 0 radical (unpaired) electrons. The van der Waals surface area contributed by atoms with Gasteiger partial charge in [0.1, 0.15) is 0 Å². The van der Waals surface area contributed by atoms with Crippen LogP contribution in [-0.4, -0.2) is 0 Å². The van der Waals surface area contributed by atoms with Gasteiger partial charge >= 0.3 is 0 Å². The molecule has 26 heavy (non-hydrogen) atoms. The number of rotatable bonds is 21. The molecule has 0 spiro atoms. The van der Waals surface area contributed by atoms with E-state index in [0.29, 0.717) is 0 Å². The van der Waals surface area contributed by atoms with E-state index >= 15 is 0 Å². The first kappa shape index (κ1) is 26.3. The van der Waals surface area contributed by atoms with E-state index < -0.39 is 0 Å². The van der Waals surface area contributed by atoms with Crippen molar-refractivity contribution < 1.29 is 0 Å². The van der Waals surface area contributed by atoms with Crippen molar-refractivity contribution in [2.75, 3.05) is 0 Å². The third-order valence-corrected chi connectivity index (χ3v) is 7.41. The summed E-state index contributed by atoms with van der Waals surface area (Å²) < 4.78 is 0. The third-order valence-electron chi connectivity index (χ3n) is 4.93. The first-order valence-electron chi connectivity index (χ1n) is 11.7. The summed E-state index contributed by atoms with van der Waals surface area (Å²) >= 11 is 0. The lowest BCUT2D eigenvalue weighted by Gasteiger charge is -2.00. The summed E-state index contributed by atoms with van der Waals surface area (Å²) in [5.74, 6) is 4.86. The molecule has 154 valence electrons. The average Bonchev–Trinajstić information content (AvgIpc) is 2.66. The molecule has 0 heterocycles. The van der Waals surface area contributed by atoms with Crippen molar-refractivity contribution in [2.24, 2.45) is 0 Å². The summed E-state index contributed by atoms with van der Waals surface area (Å²) in [6, 6.07) is 0. The van der Waals surface area contributed by atoms with E-state index in [4.69, 9.17) is 0 Å². The van der Waals surface area contributed by atoms with Crippen molar-refractivity contribution in [1.82, 2.24) is 0 Å². The van der Waals surface area contributed by atoms with Gasteiger partial charge in [-0.05, 0) is 25.7 Å². The van der Waals surface area contributed by atoms with Crippen LogP contribution in [0, 0.1) is 0 Å². The zero-order valence-electron chi connectivity index (χ0n) is 18.0. The molecule has 0 saturated carbocycles. The molecule has 0 aromatic carbocycles. The highest BCUT2D eigenvalue weighted by atomic mass is 32.0. The molecule has 2 unspecified atom stereocenters. The molecule has 0 aromatic heterocycles. The van der Waals surface area contributed by atoms with Crippen molar-refractivity contribution in [2.45, 2.75) is 129 Å². The number of hydrogen-bond donors (Lipinski definition) is 0. The minimum absolute atomic E-state index is 1.02. The smallest absolute Gasteiger partial charge is 0.0347 e. The molecule has 0 saturated heterocycles. The molecule has 2 atom stereocenters. The van der Waals surface area contributed by atoms with Gasteiger partial charge in [0.15, 0.2) is 0 Å². The SMILES string of the molecule is CCCCCCCCCCC=CPPC=CCCCCCCCCCC. The standard InChI is InChI=1S/C24H48P2/c1-3-5-7-9-11-13-15-17-19-21-23-25-26-24-22-20-18-16-14-12-10-8-6-4-2/h21-26H,3-20H2,1-2H3. The van der Waals surface area contributed by atoms with Gasteiger partial charge in [-0.15, -0.1) is 0 Å². The van der Waals surface area contributed by atoms with Crippen molar-refractivity contribution in [3.63, 3.8) is 0 Å². The number of hydrogen-bond acceptors (Lipinski definition) is 0. The quantitative estimate of drug-likeness (QED) is 0.133. The average molecular weight is 399 g/mol. The molecule has 0 bridgehead atoms. The van der Waals surface area contributed by atoms with Gasteiger partial charge in [-0.1, -0.05) is 144 Å². The third kappa shape index (κ3) is 24.3. The van der Waals surface area contributed by atoms with Gasteiger partial charge in [-0.3, -0.25) is 0 Å². The summed E-state index contributed by atoms with van der Waals surface area (Å²) in [6.07, 6.45) is 30.3. The highest BCUT2D eigenvalue weighted by molar-refractivity contribution is 8.14. The van der Waals surface area contributed by atoms with Crippen LogP contribution in [0.1, 0.15) is 129 Å². The van der Waals surface area contributed by atoms with Crippen LogP contribution in [0.15, 0.2) is 23.8 Å². The molecule has 0 aliphatic heterocycles. The Bertz CT molecular complexity index is 267. The van der Waals surface area contributed by atoms with Crippen LogP contribution in [0.2, 0.25) is 0 Å². The van der Waals surface area contributed by atoms with Gasteiger partial charge < -0.3 is 0 Å². The van der Waals surface area contributed by atoms with Crippen molar-refractivity contribution in [1.29, 1.82) is 0 Å². The van der Waals surface area contributed by atoms with Crippen LogP contribution in [0.5, 0.6) is 0 Å². The number of unbranched alkanes of at least 4 members (excludes halogenated alkanes) is 16. The topological polar surface area (TPSA) is 0 Å². The second-order valence-corrected chi connectivity index (χ2v) is 10.6. The second-order valence-electron chi connectivity index (χ2n) is 7.62. The molecule has 0 aliphatic carbocycles. The Hall–Kier alpha value is 0.340. The Morgan fingerprint density at radius 3 is 1.08 bits per heavy atom.